The molecule has 0 aliphatic rings. The summed E-state index contributed by atoms with van der Waals surface area (Å²) in [5.74, 6) is -0.981. The summed E-state index contributed by atoms with van der Waals surface area (Å²) in [6.45, 7) is 0. The second kappa shape index (κ2) is 5.29. The topological polar surface area (TPSA) is 76.2 Å². The first-order valence-corrected chi connectivity index (χ1v) is 6.47. The van der Waals surface area contributed by atoms with E-state index in [-0.39, 0.29) is 0 Å². The van der Waals surface area contributed by atoms with E-state index in [1.54, 1.807) is 24.5 Å². The van der Waals surface area contributed by atoms with E-state index >= 15 is 0 Å². The molecule has 18 heavy (non-hydrogen) atoms. The van der Waals surface area contributed by atoms with Crippen LogP contribution in [-0.4, -0.2) is 21.6 Å². The molecule has 1 unspecified atom stereocenters. The van der Waals surface area contributed by atoms with Crippen LogP contribution in [0.15, 0.2) is 41.4 Å². The highest BCUT2D eigenvalue weighted by molar-refractivity contribution is 7.07. The normalized spacial score (nSPS) is 14.1. The zero-order valence-corrected chi connectivity index (χ0v) is 10.6. The fourth-order valence-corrected chi connectivity index (χ4v) is 2.50. The molecule has 2 aromatic rings. The average Bonchev–Trinajstić information content (AvgIpc) is 2.82. The molecule has 94 valence electrons. The van der Waals surface area contributed by atoms with E-state index in [0.717, 1.165) is 11.1 Å². The molecule has 4 nitrogen and oxygen atoms in total. The van der Waals surface area contributed by atoms with E-state index in [1.165, 1.54) is 11.3 Å². The molecule has 0 saturated carbocycles. The van der Waals surface area contributed by atoms with Crippen molar-refractivity contribution in [2.24, 2.45) is 5.73 Å². The predicted molar refractivity (Wildman–Crippen MR) is 70.5 cm³/mol. The number of carboxylic acid groups (broad SMARTS) is 1. The lowest BCUT2D eigenvalue weighted by Crippen LogP contribution is -2.51. The molecule has 0 bridgehead atoms. The molecule has 0 aliphatic heterocycles. The molecular weight excluding hydrogens is 248 g/mol. The Morgan fingerprint density at radius 2 is 1.94 bits per heavy atom. The first-order chi connectivity index (χ1) is 8.60. The van der Waals surface area contributed by atoms with Gasteiger partial charge in [0.25, 0.3) is 0 Å². The largest absolute Gasteiger partial charge is 0.480 e. The lowest BCUT2D eigenvalue weighted by molar-refractivity contribution is -0.143. The number of nitrogens with zero attached hydrogens (tertiary/aromatic N) is 1. The average molecular weight is 262 g/mol. The predicted octanol–water partition coefficient (Wildman–Crippen LogP) is 1.71. The summed E-state index contributed by atoms with van der Waals surface area (Å²) >= 11 is 1.54. The number of nitrogens with two attached hydrogens (primary N) is 1. The van der Waals surface area contributed by atoms with Crippen LogP contribution in [0.4, 0.5) is 0 Å². The Kier molecular flexibility index (Phi) is 3.74. The molecule has 0 aliphatic carbocycles. The van der Waals surface area contributed by atoms with Crippen LogP contribution in [0, 0.1) is 0 Å². The lowest BCUT2D eigenvalue weighted by Gasteiger charge is -2.24. The van der Waals surface area contributed by atoms with E-state index < -0.39 is 11.5 Å². The Hall–Kier alpha value is -1.72. The van der Waals surface area contributed by atoms with Crippen LogP contribution in [0.5, 0.6) is 0 Å². The van der Waals surface area contributed by atoms with Crippen molar-refractivity contribution in [2.75, 3.05) is 0 Å². The van der Waals surface area contributed by atoms with E-state index in [0.29, 0.717) is 12.8 Å². The van der Waals surface area contributed by atoms with Crippen molar-refractivity contribution in [1.82, 2.24) is 4.98 Å². The number of rotatable bonds is 5. The van der Waals surface area contributed by atoms with Gasteiger partial charge in [0.2, 0.25) is 0 Å². The van der Waals surface area contributed by atoms with Gasteiger partial charge < -0.3 is 10.8 Å². The molecule has 0 radical (unpaired) electrons. The zero-order chi connectivity index (χ0) is 13.0. The third-order valence-corrected chi connectivity index (χ3v) is 3.53. The van der Waals surface area contributed by atoms with Crippen LogP contribution < -0.4 is 5.73 Å². The Labute approximate surface area is 109 Å². The molecule has 0 aromatic carbocycles. The van der Waals surface area contributed by atoms with Gasteiger partial charge in [0, 0.05) is 25.2 Å². The summed E-state index contributed by atoms with van der Waals surface area (Å²) in [7, 11) is 0. The number of carbonyl (C=O) groups is 1. The summed E-state index contributed by atoms with van der Waals surface area (Å²) in [6, 6.07) is 5.48. The van der Waals surface area contributed by atoms with Gasteiger partial charge in [-0.2, -0.15) is 11.3 Å². The number of thiophene rings is 1. The van der Waals surface area contributed by atoms with Crippen LogP contribution in [0.1, 0.15) is 11.1 Å². The number of aliphatic carboxylic acids is 1. The molecule has 2 aromatic heterocycles. The van der Waals surface area contributed by atoms with E-state index in [4.69, 9.17) is 5.73 Å². The van der Waals surface area contributed by atoms with Gasteiger partial charge in [0.1, 0.15) is 5.54 Å². The van der Waals surface area contributed by atoms with Crippen molar-refractivity contribution in [2.45, 2.75) is 18.4 Å². The van der Waals surface area contributed by atoms with E-state index in [2.05, 4.69) is 4.98 Å². The summed E-state index contributed by atoms with van der Waals surface area (Å²) in [6.07, 6.45) is 3.90. The highest BCUT2D eigenvalue weighted by atomic mass is 32.1. The minimum Gasteiger partial charge on any atom is -0.480 e. The van der Waals surface area contributed by atoms with Gasteiger partial charge in [-0.05, 0) is 40.1 Å². The highest BCUT2D eigenvalue weighted by Gasteiger charge is 2.34. The molecule has 5 heteroatoms. The summed E-state index contributed by atoms with van der Waals surface area (Å²) < 4.78 is 0. The zero-order valence-electron chi connectivity index (χ0n) is 9.74. The fourth-order valence-electron chi connectivity index (χ4n) is 1.84. The molecule has 0 fully saturated rings. The second-order valence-corrected chi connectivity index (χ2v) is 5.08. The van der Waals surface area contributed by atoms with Crippen LogP contribution in [-0.2, 0) is 17.6 Å². The Morgan fingerprint density at radius 1 is 1.28 bits per heavy atom. The molecular formula is C13H14N2O2S. The van der Waals surface area contributed by atoms with Crippen molar-refractivity contribution >= 4 is 17.3 Å². The number of pyridine rings is 1. The van der Waals surface area contributed by atoms with Crippen LogP contribution in [0.25, 0.3) is 0 Å². The molecule has 0 amide bonds. The number of hydrogen-bond acceptors (Lipinski definition) is 4. The molecule has 2 heterocycles. The second-order valence-electron chi connectivity index (χ2n) is 4.30. The van der Waals surface area contributed by atoms with Gasteiger partial charge in [0.15, 0.2) is 0 Å². The minimum absolute atomic E-state index is 0.292. The molecule has 2 rings (SSSR count). The monoisotopic (exact) mass is 262 g/mol. The first-order valence-electron chi connectivity index (χ1n) is 5.52. The van der Waals surface area contributed by atoms with Crippen molar-refractivity contribution in [3.05, 3.63) is 52.5 Å². The van der Waals surface area contributed by atoms with Crippen LogP contribution >= 0.6 is 11.3 Å². The summed E-state index contributed by atoms with van der Waals surface area (Å²) in [4.78, 5) is 15.3. The lowest BCUT2D eigenvalue weighted by atomic mass is 9.87. The van der Waals surface area contributed by atoms with E-state index in [1.807, 2.05) is 16.8 Å². The number of aromatic nitrogens is 1. The standard InChI is InChI=1S/C13H14N2O2S/c14-13(12(16)17,8-11-3-6-18-9-11)7-10-1-4-15-5-2-10/h1-6,9H,7-8,14H2,(H,16,17). The Morgan fingerprint density at radius 3 is 2.50 bits per heavy atom. The van der Waals surface area contributed by atoms with Gasteiger partial charge in [-0.1, -0.05) is 0 Å². The molecule has 3 N–H and O–H groups in total. The van der Waals surface area contributed by atoms with Gasteiger partial charge in [-0.15, -0.1) is 0 Å². The SMILES string of the molecule is NC(Cc1ccncc1)(Cc1ccsc1)C(=O)O. The first kappa shape index (κ1) is 12.7. The van der Waals surface area contributed by atoms with Gasteiger partial charge >= 0.3 is 5.97 Å². The maximum Gasteiger partial charge on any atom is 0.324 e. The third kappa shape index (κ3) is 2.94. The van der Waals surface area contributed by atoms with Crippen molar-refractivity contribution in [3.63, 3.8) is 0 Å². The molecule has 0 saturated heterocycles. The van der Waals surface area contributed by atoms with Crippen molar-refractivity contribution in [3.8, 4) is 0 Å². The van der Waals surface area contributed by atoms with Gasteiger partial charge in [-0.25, -0.2) is 0 Å². The quantitative estimate of drug-likeness (QED) is 0.860. The van der Waals surface area contributed by atoms with Crippen LogP contribution in [0.2, 0.25) is 0 Å². The van der Waals surface area contributed by atoms with Crippen molar-refractivity contribution in [1.29, 1.82) is 0 Å². The Balaban J connectivity index is 2.19. The minimum atomic E-state index is -1.28. The van der Waals surface area contributed by atoms with Crippen LogP contribution in [0.3, 0.4) is 0 Å². The summed E-state index contributed by atoms with van der Waals surface area (Å²) in [5.41, 5.74) is 6.61. The van der Waals surface area contributed by atoms with Crippen molar-refractivity contribution < 1.29 is 9.90 Å². The smallest absolute Gasteiger partial charge is 0.324 e. The highest BCUT2D eigenvalue weighted by Crippen LogP contribution is 2.19. The molecule has 1 atom stereocenters. The summed E-state index contributed by atoms with van der Waals surface area (Å²) in [5, 5.41) is 13.2. The fraction of sp³-hybridized carbons (Fsp3) is 0.231. The maximum atomic E-state index is 11.4. The van der Waals surface area contributed by atoms with Gasteiger partial charge in [0.05, 0.1) is 0 Å². The number of hydrogen-bond donors (Lipinski definition) is 2. The third-order valence-electron chi connectivity index (χ3n) is 2.79. The van der Waals surface area contributed by atoms with Gasteiger partial charge in [-0.3, -0.25) is 9.78 Å². The number of carboxylic acids is 1. The Bertz CT molecular complexity index is 513. The molecule has 0 spiro atoms. The van der Waals surface area contributed by atoms with E-state index in [9.17, 15) is 9.90 Å². The maximum absolute atomic E-state index is 11.4.